The molecule has 1 aromatic heterocycles. The highest BCUT2D eigenvalue weighted by molar-refractivity contribution is 8.00. The van der Waals surface area contributed by atoms with Gasteiger partial charge in [0.2, 0.25) is 5.91 Å². The Morgan fingerprint density at radius 3 is 2.63 bits per heavy atom. The lowest BCUT2D eigenvalue weighted by atomic mass is 10.2. The molecule has 0 saturated carbocycles. The monoisotopic (exact) mass is 400 g/mol. The molecule has 1 N–H and O–H groups in total. The van der Waals surface area contributed by atoms with Gasteiger partial charge in [-0.3, -0.25) is 4.79 Å². The van der Waals surface area contributed by atoms with Gasteiger partial charge in [0.15, 0.2) is 11.0 Å². The number of rotatable bonds is 6. The van der Waals surface area contributed by atoms with Crippen LogP contribution >= 0.6 is 23.4 Å². The lowest BCUT2D eigenvalue weighted by Crippen LogP contribution is -2.23. The Morgan fingerprint density at radius 2 is 1.96 bits per heavy atom. The summed E-state index contributed by atoms with van der Waals surface area (Å²) in [6.07, 6.45) is 0. The van der Waals surface area contributed by atoms with E-state index in [1.807, 2.05) is 73.9 Å². The smallest absolute Gasteiger partial charge is 0.237 e. The van der Waals surface area contributed by atoms with Gasteiger partial charge in [0.25, 0.3) is 0 Å². The maximum atomic E-state index is 12.5. The van der Waals surface area contributed by atoms with E-state index < -0.39 is 0 Å². The van der Waals surface area contributed by atoms with Gasteiger partial charge in [-0.25, -0.2) is 0 Å². The Labute approximate surface area is 168 Å². The first kappa shape index (κ1) is 19.5. The third-order valence-corrected chi connectivity index (χ3v) is 5.40. The third kappa shape index (κ3) is 4.70. The van der Waals surface area contributed by atoms with Crippen molar-refractivity contribution in [3.63, 3.8) is 0 Å². The van der Waals surface area contributed by atoms with Crippen molar-refractivity contribution in [1.82, 2.24) is 14.8 Å². The second-order valence-electron chi connectivity index (χ2n) is 6.18. The van der Waals surface area contributed by atoms with E-state index in [9.17, 15) is 4.79 Å². The average molecular weight is 401 g/mol. The van der Waals surface area contributed by atoms with Gasteiger partial charge in [-0.15, -0.1) is 10.2 Å². The molecule has 1 heterocycles. The average Bonchev–Trinajstić information content (AvgIpc) is 3.04. The Morgan fingerprint density at radius 1 is 1.22 bits per heavy atom. The number of benzene rings is 2. The molecule has 0 radical (unpaired) electrons. The normalized spacial score (nSPS) is 12.0. The van der Waals surface area contributed by atoms with Gasteiger partial charge >= 0.3 is 0 Å². The van der Waals surface area contributed by atoms with Gasteiger partial charge in [0.1, 0.15) is 0 Å². The maximum absolute atomic E-state index is 12.5. The zero-order valence-corrected chi connectivity index (χ0v) is 17.0. The molecule has 1 amide bonds. The summed E-state index contributed by atoms with van der Waals surface area (Å²) in [5.41, 5.74) is 2.84. The van der Waals surface area contributed by atoms with Crippen molar-refractivity contribution in [2.45, 2.75) is 37.7 Å². The minimum atomic E-state index is -0.307. The van der Waals surface area contributed by atoms with Gasteiger partial charge in [-0.05, 0) is 62.7 Å². The number of anilines is 1. The first-order valence-corrected chi connectivity index (χ1v) is 9.97. The van der Waals surface area contributed by atoms with E-state index in [-0.39, 0.29) is 11.2 Å². The molecule has 2 aromatic carbocycles. The van der Waals surface area contributed by atoms with E-state index in [2.05, 4.69) is 15.5 Å². The van der Waals surface area contributed by atoms with Crippen molar-refractivity contribution in [3.05, 3.63) is 59.1 Å². The van der Waals surface area contributed by atoms with Crippen LogP contribution in [0.25, 0.3) is 11.4 Å². The third-order valence-electron chi connectivity index (χ3n) is 4.07. The molecule has 0 aliphatic rings. The fourth-order valence-corrected chi connectivity index (χ4v) is 3.69. The first-order chi connectivity index (χ1) is 13.0. The van der Waals surface area contributed by atoms with E-state index in [1.165, 1.54) is 11.8 Å². The molecule has 140 valence electrons. The van der Waals surface area contributed by atoms with Crippen LogP contribution in [0, 0.1) is 6.92 Å². The number of nitrogens with zero attached hydrogens (tertiary/aromatic N) is 3. The molecule has 0 saturated heterocycles. The van der Waals surface area contributed by atoms with Crippen LogP contribution in [0.2, 0.25) is 5.02 Å². The summed E-state index contributed by atoms with van der Waals surface area (Å²) in [6.45, 7) is 6.60. The highest BCUT2D eigenvalue weighted by atomic mass is 35.5. The predicted molar refractivity (Wildman–Crippen MR) is 111 cm³/mol. The van der Waals surface area contributed by atoms with Crippen LogP contribution in [0.4, 0.5) is 5.69 Å². The number of hydrogen-bond acceptors (Lipinski definition) is 4. The Hall–Kier alpha value is -2.31. The molecular formula is C20H21ClN4OS. The van der Waals surface area contributed by atoms with Gasteiger partial charge in [-0.2, -0.15) is 0 Å². The van der Waals surface area contributed by atoms with Crippen molar-refractivity contribution in [1.29, 1.82) is 0 Å². The minimum absolute atomic E-state index is 0.0655. The second kappa shape index (κ2) is 8.59. The molecule has 0 fully saturated rings. The van der Waals surface area contributed by atoms with E-state index >= 15 is 0 Å². The fraction of sp³-hybridized carbons (Fsp3) is 0.250. The standard InChI is InChI=1S/C20H21ClN4OS/c1-4-25-18(15-8-10-16(21)11-9-15)23-24-20(25)27-14(3)19(26)22-17-7-5-6-13(2)12-17/h5-12,14H,4H2,1-3H3,(H,22,26)/t14-/m0/s1. The van der Waals surface area contributed by atoms with Crippen LogP contribution in [0.3, 0.4) is 0 Å². The Balaban J connectivity index is 1.75. The number of halogens is 1. The number of hydrogen-bond donors (Lipinski definition) is 1. The molecule has 3 rings (SSSR count). The molecule has 0 aliphatic heterocycles. The molecule has 0 unspecified atom stereocenters. The second-order valence-corrected chi connectivity index (χ2v) is 7.92. The van der Waals surface area contributed by atoms with E-state index in [0.717, 1.165) is 22.6 Å². The minimum Gasteiger partial charge on any atom is -0.325 e. The van der Waals surface area contributed by atoms with Gasteiger partial charge in [-0.1, -0.05) is 35.5 Å². The van der Waals surface area contributed by atoms with E-state index in [4.69, 9.17) is 11.6 Å². The van der Waals surface area contributed by atoms with E-state index in [1.54, 1.807) is 0 Å². The van der Waals surface area contributed by atoms with Crippen LogP contribution in [0.1, 0.15) is 19.4 Å². The van der Waals surface area contributed by atoms with Crippen LogP contribution in [-0.2, 0) is 11.3 Å². The Bertz CT molecular complexity index is 939. The van der Waals surface area contributed by atoms with Gasteiger partial charge < -0.3 is 9.88 Å². The van der Waals surface area contributed by atoms with Crippen molar-refractivity contribution in [2.24, 2.45) is 0 Å². The summed E-state index contributed by atoms with van der Waals surface area (Å²) in [5.74, 6) is 0.701. The molecule has 27 heavy (non-hydrogen) atoms. The highest BCUT2D eigenvalue weighted by Gasteiger charge is 2.20. The van der Waals surface area contributed by atoms with E-state index in [0.29, 0.717) is 16.7 Å². The van der Waals surface area contributed by atoms with Gasteiger partial charge in [0.05, 0.1) is 5.25 Å². The molecular weight excluding hydrogens is 380 g/mol. The molecule has 0 spiro atoms. The highest BCUT2D eigenvalue weighted by Crippen LogP contribution is 2.28. The largest absolute Gasteiger partial charge is 0.325 e. The number of amides is 1. The van der Waals surface area contributed by atoms with Gasteiger partial charge in [0, 0.05) is 22.8 Å². The SMILES string of the molecule is CCn1c(S[C@@H](C)C(=O)Nc2cccc(C)c2)nnc1-c1ccc(Cl)cc1. The number of carbonyl (C=O) groups is 1. The number of aromatic nitrogens is 3. The molecule has 1 atom stereocenters. The lowest BCUT2D eigenvalue weighted by molar-refractivity contribution is -0.115. The zero-order chi connectivity index (χ0) is 19.4. The summed E-state index contributed by atoms with van der Waals surface area (Å²) < 4.78 is 2.00. The first-order valence-electron chi connectivity index (χ1n) is 8.71. The fourth-order valence-electron chi connectivity index (χ4n) is 2.65. The molecule has 3 aromatic rings. The Kier molecular flexibility index (Phi) is 6.19. The van der Waals surface area contributed by atoms with Crippen LogP contribution in [0.5, 0.6) is 0 Å². The van der Waals surface area contributed by atoms with Crippen LogP contribution < -0.4 is 5.32 Å². The number of aryl methyl sites for hydroxylation is 1. The van der Waals surface area contributed by atoms with Crippen molar-refractivity contribution < 1.29 is 4.79 Å². The summed E-state index contributed by atoms with van der Waals surface area (Å²) in [5, 5.41) is 12.6. The topological polar surface area (TPSA) is 59.8 Å². The summed E-state index contributed by atoms with van der Waals surface area (Å²) >= 11 is 7.36. The lowest BCUT2D eigenvalue weighted by Gasteiger charge is -2.13. The van der Waals surface area contributed by atoms with Crippen LogP contribution in [0.15, 0.2) is 53.7 Å². The summed E-state index contributed by atoms with van der Waals surface area (Å²) in [7, 11) is 0. The number of thioether (sulfide) groups is 1. The van der Waals surface area contributed by atoms with Crippen molar-refractivity contribution in [2.75, 3.05) is 5.32 Å². The summed E-state index contributed by atoms with van der Waals surface area (Å²) in [6, 6.07) is 15.2. The van der Waals surface area contributed by atoms with Crippen molar-refractivity contribution >= 4 is 35.0 Å². The summed E-state index contributed by atoms with van der Waals surface area (Å²) in [4.78, 5) is 12.5. The molecule has 5 nitrogen and oxygen atoms in total. The molecule has 0 bridgehead atoms. The van der Waals surface area contributed by atoms with Crippen LogP contribution in [-0.4, -0.2) is 25.9 Å². The zero-order valence-electron chi connectivity index (χ0n) is 15.4. The van der Waals surface area contributed by atoms with Crippen molar-refractivity contribution in [3.8, 4) is 11.4 Å². The maximum Gasteiger partial charge on any atom is 0.237 e. The predicted octanol–water partition coefficient (Wildman–Crippen LogP) is 5.05. The number of nitrogens with one attached hydrogen (secondary N) is 1. The number of carbonyl (C=O) groups excluding carboxylic acids is 1. The molecule has 0 aliphatic carbocycles. The molecule has 7 heteroatoms. The quantitative estimate of drug-likeness (QED) is 0.588.